The monoisotopic (exact) mass is 147 g/mol. The maximum absolute atomic E-state index is 8.96. The minimum absolute atomic E-state index is 0.167. The lowest BCUT2D eigenvalue weighted by Gasteiger charge is -2.20. The third-order valence-corrected chi connectivity index (χ3v) is 1.39. The minimum atomic E-state index is -0.300. The second-order valence-corrected chi connectivity index (χ2v) is 2.47. The Labute approximate surface area is 62.3 Å². The smallest absolute Gasteiger partial charge is 0.0639 e. The van der Waals surface area contributed by atoms with Crippen LogP contribution in [-0.2, 0) is 0 Å². The lowest BCUT2D eigenvalue weighted by atomic mass is 10.3. The highest BCUT2D eigenvalue weighted by molar-refractivity contribution is 4.57. The lowest BCUT2D eigenvalue weighted by molar-refractivity contribution is 0.115. The molecule has 3 heteroatoms. The fraction of sp³-hybridized carbons (Fsp3) is 1.00. The molecule has 0 saturated heterocycles. The molecule has 0 spiro atoms. The number of hydrogen-bond acceptors (Lipinski definition) is 3. The summed E-state index contributed by atoms with van der Waals surface area (Å²) >= 11 is 0. The van der Waals surface area contributed by atoms with Crippen LogP contribution >= 0.6 is 0 Å². The van der Waals surface area contributed by atoms with E-state index in [1.54, 1.807) is 6.92 Å². The number of aliphatic hydroxyl groups excluding tert-OH is 2. The maximum atomic E-state index is 8.96. The molecule has 0 aromatic carbocycles. The predicted molar refractivity (Wildman–Crippen MR) is 40.9 cm³/mol. The number of nitrogens with zero attached hydrogens (tertiary/aromatic N) is 1. The average molecular weight is 147 g/mol. The van der Waals surface area contributed by atoms with Crippen molar-refractivity contribution in [3.05, 3.63) is 0 Å². The number of aliphatic hydroxyl groups is 2. The molecule has 0 fully saturated rings. The molecule has 0 aromatic rings. The Bertz CT molecular complexity index is 76.0. The summed E-state index contributed by atoms with van der Waals surface area (Å²) in [5.41, 5.74) is 0. The van der Waals surface area contributed by atoms with Gasteiger partial charge in [0.25, 0.3) is 0 Å². The molecule has 0 amide bonds. The van der Waals surface area contributed by atoms with Gasteiger partial charge in [-0.15, -0.1) is 0 Å². The van der Waals surface area contributed by atoms with Crippen molar-refractivity contribution in [2.75, 3.05) is 26.2 Å². The second kappa shape index (κ2) is 5.65. The van der Waals surface area contributed by atoms with Gasteiger partial charge in [0.1, 0.15) is 0 Å². The topological polar surface area (TPSA) is 43.7 Å². The van der Waals surface area contributed by atoms with E-state index in [1.807, 2.05) is 11.8 Å². The summed E-state index contributed by atoms with van der Waals surface area (Å²) in [4.78, 5) is 2.00. The van der Waals surface area contributed by atoms with Crippen LogP contribution in [-0.4, -0.2) is 47.5 Å². The molecule has 62 valence electrons. The van der Waals surface area contributed by atoms with Crippen molar-refractivity contribution in [2.45, 2.75) is 20.0 Å². The summed E-state index contributed by atoms with van der Waals surface area (Å²) in [5, 5.41) is 17.5. The van der Waals surface area contributed by atoms with E-state index in [1.165, 1.54) is 0 Å². The van der Waals surface area contributed by atoms with Crippen molar-refractivity contribution in [2.24, 2.45) is 0 Å². The van der Waals surface area contributed by atoms with Gasteiger partial charge in [-0.25, -0.2) is 0 Å². The Kier molecular flexibility index (Phi) is 5.58. The molecule has 0 radical (unpaired) electrons. The first-order chi connectivity index (χ1) is 4.70. The van der Waals surface area contributed by atoms with Crippen LogP contribution in [0.2, 0.25) is 0 Å². The van der Waals surface area contributed by atoms with Crippen LogP contribution in [0.1, 0.15) is 13.8 Å². The van der Waals surface area contributed by atoms with Crippen LogP contribution in [0.5, 0.6) is 0 Å². The first-order valence-electron chi connectivity index (χ1n) is 3.72. The highest BCUT2D eigenvalue weighted by atomic mass is 16.3. The second-order valence-electron chi connectivity index (χ2n) is 2.47. The molecular weight excluding hydrogens is 130 g/mol. The van der Waals surface area contributed by atoms with Crippen molar-refractivity contribution in [1.82, 2.24) is 4.90 Å². The van der Waals surface area contributed by atoms with Crippen molar-refractivity contribution in [3.63, 3.8) is 0 Å². The van der Waals surface area contributed by atoms with E-state index in [9.17, 15) is 0 Å². The molecule has 0 aliphatic heterocycles. The van der Waals surface area contributed by atoms with E-state index in [4.69, 9.17) is 10.2 Å². The van der Waals surface area contributed by atoms with Gasteiger partial charge in [0, 0.05) is 13.1 Å². The van der Waals surface area contributed by atoms with E-state index in [-0.39, 0.29) is 12.7 Å². The zero-order chi connectivity index (χ0) is 7.98. The summed E-state index contributed by atoms with van der Waals surface area (Å²) in [5.74, 6) is 0. The first-order valence-corrected chi connectivity index (χ1v) is 3.72. The van der Waals surface area contributed by atoms with E-state index in [2.05, 4.69) is 0 Å². The van der Waals surface area contributed by atoms with Gasteiger partial charge in [0.05, 0.1) is 12.7 Å². The quantitative estimate of drug-likeness (QED) is 0.560. The third kappa shape index (κ3) is 4.73. The van der Waals surface area contributed by atoms with Crippen molar-refractivity contribution < 1.29 is 10.2 Å². The van der Waals surface area contributed by atoms with Gasteiger partial charge in [0.15, 0.2) is 0 Å². The SMILES string of the molecule is CCN(CCO)C[C@@H](C)O. The molecule has 0 rings (SSSR count). The van der Waals surface area contributed by atoms with Gasteiger partial charge >= 0.3 is 0 Å². The zero-order valence-electron chi connectivity index (χ0n) is 6.75. The molecule has 0 aliphatic rings. The van der Waals surface area contributed by atoms with E-state index in [0.717, 1.165) is 6.54 Å². The molecule has 0 unspecified atom stereocenters. The van der Waals surface area contributed by atoms with E-state index in [0.29, 0.717) is 13.1 Å². The molecular formula is C7H17NO2. The number of hydrogen-bond donors (Lipinski definition) is 2. The summed E-state index contributed by atoms with van der Waals surface area (Å²) in [6, 6.07) is 0. The van der Waals surface area contributed by atoms with E-state index < -0.39 is 0 Å². The van der Waals surface area contributed by atoms with Crippen LogP contribution in [0.15, 0.2) is 0 Å². The Morgan fingerprint density at radius 2 is 2.10 bits per heavy atom. The van der Waals surface area contributed by atoms with Crippen molar-refractivity contribution in [3.8, 4) is 0 Å². The lowest BCUT2D eigenvalue weighted by Crippen LogP contribution is -2.33. The Balaban J connectivity index is 3.39. The zero-order valence-corrected chi connectivity index (χ0v) is 6.75. The number of likely N-dealkylation sites (N-methyl/N-ethyl adjacent to an activating group) is 1. The highest BCUT2D eigenvalue weighted by Gasteiger charge is 2.03. The van der Waals surface area contributed by atoms with Gasteiger partial charge < -0.3 is 10.2 Å². The van der Waals surface area contributed by atoms with Crippen molar-refractivity contribution in [1.29, 1.82) is 0 Å². The molecule has 0 saturated carbocycles. The maximum Gasteiger partial charge on any atom is 0.0639 e. The van der Waals surface area contributed by atoms with Crippen LogP contribution in [0, 0.1) is 0 Å². The van der Waals surface area contributed by atoms with Crippen LogP contribution in [0.4, 0.5) is 0 Å². The van der Waals surface area contributed by atoms with Crippen LogP contribution in [0.3, 0.4) is 0 Å². The van der Waals surface area contributed by atoms with Gasteiger partial charge in [-0.3, -0.25) is 4.90 Å². The largest absolute Gasteiger partial charge is 0.395 e. The van der Waals surface area contributed by atoms with E-state index >= 15 is 0 Å². The Morgan fingerprint density at radius 1 is 1.50 bits per heavy atom. The summed E-state index contributed by atoms with van der Waals surface area (Å²) < 4.78 is 0. The first kappa shape index (κ1) is 9.88. The molecule has 0 aromatic heterocycles. The Morgan fingerprint density at radius 3 is 2.40 bits per heavy atom. The number of rotatable bonds is 5. The average Bonchev–Trinajstić information content (AvgIpc) is 1.86. The molecule has 10 heavy (non-hydrogen) atoms. The van der Waals surface area contributed by atoms with Gasteiger partial charge in [0.2, 0.25) is 0 Å². The van der Waals surface area contributed by atoms with Crippen molar-refractivity contribution >= 4 is 0 Å². The highest BCUT2D eigenvalue weighted by Crippen LogP contribution is 1.89. The molecule has 0 aliphatic carbocycles. The van der Waals surface area contributed by atoms with Gasteiger partial charge in [-0.1, -0.05) is 6.92 Å². The minimum Gasteiger partial charge on any atom is -0.395 e. The van der Waals surface area contributed by atoms with Crippen LogP contribution < -0.4 is 0 Å². The third-order valence-electron chi connectivity index (χ3n) is 1.39. The standard InChI is InChI=1S/C7H17NO2/c1-3-8(4-5-9)6-7(2)10/h7,9-10H,3-6H2,1-2H3/t7-/m1/s1. The fourth-order valence-corrected chi connectivity index (χ4v) is 0.894. The molecule has 1 atom stereocenters. The summed E-state index contributed by atoms with van der Waals surface area (Å²) in [6.45, 7) is 6.11. The molecule has 0 heterocycles. The Hall–Kier alpha value is -0.120. The molecule has 2 N–H and O–H groups in total. The summed E-state index contributed by atoms with van der Waals surface area (Å²) in [6.07, 6.45) is -0.300. The predicted octanol–water partition coefficient (Wildman–Crippen LogP) is -0.319. The van der Waals surface area contributed by atoms with Gasteiger partial charge in [-0.2, -0.15) is 0 Å². The normalized spacial score (nSPS) is 14.1. The van der Waals surface area contributed by atoms with Gasteiger partial charge in [-0.05, 0) is 13.5 Å². The molecule has 3 nitrogen and oxygen atoms in total. The van der Waals surface area contributed by atoms with Crippen LogP contribution in [0.25, 0.3) is 0 Å². The fourth-order valence-electron chi connectivity index (χ4n) is 0.894. The molecule has 0 bridgehead atoms. The summed E-state index contributed by atoms with van der Waals surface area (Å²) in [7, 11) is 0.